The van der Waals surface area contributed by atoms with E-state index >= 15 is 0 Å². The van der Waals surface area contributed by atoms with E-state index in [1.807, 2.05) is 49.4 Å². The van der Waals surface area contributed by atoms with Gasteiger partial charge in [0.05, 0.1) is 22.7 Å². The number of hydrogen-bond acceptors (Lipinski definition) is 7. The summed E-state index contributed by atoms with van der Waals surface area (Å²) < 4.78 is 5.79. The van der Waals surface area contributed by atoms with Crippen LogP contribution in [0.25, 0.3) is 11.5 Å². The van der Waals surface area contributed by atoms with Crippen molar-refractivity contribution in [1.82, 2.24) is 15.5 Å². The van der Waals surface area contributed by atoms with Crippen molar-refractivity contribution in [3.05, 3.63) is 58.6 Å². The van der Waals surface area contributed by atoms with Crippen molar-refractivity contribution < 1.29 is 14.0 Å². The van der Waals surface area contributed by atoms with Crippen LogP contribution in [-0.2, 0) is 9.59 Å². The minimum Gasteiger partial charge on any atom is -0.403 e. The number of aryl methyl sites for hydroxylation is 1. The van der Waals surface area contributed by atoms with Gasteiger partial charge < -0.3 is 14.6 Å². The minimum atomic E-state index is -0.349. The summed E-state index contributed by atoms with van der Waals surface area (Å²) in [7, 11) is 0. The van der Waals surface area contributed by atoms with Crippen molar-refractivity contribution in [3.8, 4) is 11.5 Å². The third-order valence-electron chi connectivity index (χ3n) is 6.42. The van der Waals surface area contributed by atoms with Gasteiger partial charge >= 0.3 is 6.01 Å². The van der Waals surface area contributed by atoms with Gasteiger partial charge in [-0.25, -0.2) is 0 Å². The predicted octanol–water partition coefficient (Wildman–Crippen LogP) is 3.91. The molecule has 2 amide bonds. The highest BCUT2D eigenvalue weighted by atomic mass is 35.5. The number of anilines is 2. The van der Waals surface area contributed by atoms with E-state index in [4.69, 9.17) is 16.0 Å². The summed E-state index contributed by atoms with van der Waals surface area (Å²) in [4.78, 5) is 25.8. The molecule has 3 atom stereocenters. The molecule has 0 saturated carbocycles. The van der Waals surface area contributed by atoms with Crippen LogP contribution < -0.4 is 15.5 Å². The molecular weight excluding hydrogens is 442 g/mol. The molecule has 0 spiro atoms. The molecule has 5 rings (SSSR count). The largest absolute Gasteiger partial charge is 0.403 e. The normalized spacial score (nSPS) is 22.6. The van der Waals surface area contributed by atoms with Crippen molar-refractivity contribution in [2.45, 2.75) is 44.7 Å². The number of nitrogens with zero attached hydrogens (tertiary/aromatic N) is 3. The second-order valence-corrected chi connectivity index (χ2v) is 9.04. The van der Waals surface area contributed by atoms with Crippen LogP contribution in [-0.4, -0.2) is 40.6 Å². The Morgan fingerprint density at radius 3 is 2.64 bits per heavy atom. The number of benzene rings is 2. The van der Waals surface area contributed by atoms with Crippen LogP contribution in [0.1, 0.15) is 36.8 Å². The van der Waals surface area contributed by atoms with Crippen LogP contribution in [0.3, 0.4) is 0 Å². The third kappa shape index (κ3) is 4.18. The molecule has 170 valence electrons. The average Bonchev–Trinajstić information content (AvgIpc) is 3.26. The Bertz CT molecular complexity index is 1210. The summed E-state index contributed by atoms with van der Waals surface area (Å²) >= 11 is 6.59. The number of halogens is 1. The standard InChI is InChI=1S/C24H24ClN5O3/c1-13-3-5-15(6-4-13)23-28-29-24(33-23)26-19-12-30(14(19)2)20-9-7-16(11-18(20)25)17-8-10-21(31)27-22(17)32/h3-7,9,11,14,17,19H,8,10,12H2,1-2H3,(H,26,29)(H,27,31,32)/t14-,17?,19+/m1/s1. The lowest BCUT2D eigenvalue weighted by molar-refractivity contribution is -0.134. The Balaban J connectivity index is 1.23. The molecule has 2 fully saturated rings. The van der Waals surface area contributed by atoms with Crippen molar-refractivity contribution in [2.75, 3.05) is 16.8 Å². The Morgan fingerprint density at radius 2 is 1.94 bits per heavy atom. The molecule has 2 aliphatic rings. The van der Waals surface area contributed by atoms with E-state index in [9.17, 15) is 9.59 Å². The highest BCUT2D eigenvalue weighted by Gasteiger charge is 2.38. The van der Waals surface area contributed by atoms with Crippen LogP contribution in [0.2, 0.25) is 5.02 Å². The number of imide groups is 1. The lowest BCUT2D eigenvalue weighted by Gasteiger charge is -2.48. The fourth-order valence-corrected chi connectivity index (χ4v) is 4.63. The molecule has 33 heavy (non-hydrogen) atoms. The monoisotopic (exact) mass is 465 g/mol. The van der Waals surface area contributed by atoms with E-state index in [-0.39, 0.29) is 29.8 Å². The van der Waals surface area contributed by atoms with Gasteiger partial charge in [-0.1, -0.05) is 40.5 Å². The maximum Gasteiger partial charge on any atom is 0.316 e. The van der Waals surface area contributed by atoms with Gasteiger partial charge in [0.15, 0.2) is 0 Å². The SMILES string of the molecule is Cc1ccc(-c2nnc(N[C@H]3CN(c4ccc(C5CCC(=O)NC5=O)cc4Cl)[C@@H]3C)o2)cc1. The molecule has 2 aliphatic heterocycles. The lowest BCUT2D eigenvalue weighted by atomic mass is 9.90. The van der Waals surface area contributed by atoms with E-state index in [1.165, 1.54) is 5.56 Å². The quantitative estimate of drug-likeness (QED) is 0.551. The average molecular weight is 466 g/mol. The van der Waals surface area contributed by atoms with Crippen molar-refractivity contribution in [3.63, 3.8) is 0 Å². The number of nitrogens with one attached hydrogen (secondary N) is 2. The van der Waals surface area contributed by atoms with E-state index < -0.39 is 0 Å². The summed E-state index contributed by atoms with van der Waals surface area (Å²) in [5.41, 5.74) is 3.78. The van der Waals surface area contributed by atoms with Crippen LogP contribution >= 0.6 is 11.6 Å². The van der Waals surface area contributed by atoms with Gasteiger partial charge in [0.2, 0.25) is 17.7 Å². The molecule has 2 aromatic carbocycles. The third-order valence-corrected chi connectivity index (χ3v) is 6.73. The number of carbonyl (C=O) groups is 2. The van der Waals surface area contributed by atoms with E-state index in [2.05, 4.69) is 32.7 Å². The second-order valence-electron chi connectivity index (χ2n) is 8.64. The summed E-state index contributed by atoms with van der Waals surface area (Å²) in [5, 5.41) is 14.6. The Labute approximate surface area is 196 Å². The summed E-state index contributed by atoms with van der Waals surface area (Å²) in [6.45, 7) is 4.85. The molecule has 1 aromatic heterocycles. The van der Waals surface area contributed by atoms with Crippen LogP contribution in [0.15, 0.2) is 46.9 Å². The fraction of sp³-hybridized carbons (Fsp3) is 0.333. The van der Waals surface area contributed by atoms with Crippen molar-refractivity contribution >= 4 is 35.1 Å². The fourth-order valence-electron chi connectivity index (χ4n) is 4.33. The van der Waals surface area contributed by atoms with Gasteiger partial charge in [-0.15, -0.1) is 5.10 Å². The zero-order valence-electron chi connectivity index (χ0n) is 18.3. The first-order valence-corrected chi connectivity index (χ1v) is 11.3. The molecule has 3 aromatic rings. The topological polar surface area (TPSA) is 100 Å². The predicted molar refractivity (Wildman–Crippen MR) is 125 cm³/mol. The van der Waals surface area contributed by atoms with Crippen molar-refractivity contribution in [2.24, 2.45) is 0 Å². The van der Waals surface area contributed by atoms with E-state index in [0.717, 1.165) is 23.4 Å². The first kappa shape index (κ1) is 21.5. The highest BCUT2D eigenvalue weighted by Crippen LogP contribution is 2.37. The van der Waals surface area contributed by atoms with Gasteiger partial charge in [0, 0.05) is 24.6 Å². The Morgan fingerprint density at radius 1 is 1.15 bits per heavy atom. The number of amides is 2. The van der Waals surface area contributed by atoms with Gasteiger partial charge in [0.25, 0.3) is 0 Å². The molecular formula is C24H24ClN5O3. The van der Waals surface area contributed by atoms with Crippen LogP contribution in [0.4, 0.5) is 11.7 Å². The summed E-state index contributed by atoms with van der Waals surface area (Å²) in [6, 6.07) is 14.3. The van der Waals surface area contributed by atoms with E-state index in [1.54, 1.807) is 0 Å². The molecule has 8 nitrogen and oxygen atoms in total. The van der Waals surface area contributed by atoms with Gasteiger partial charge in [-0.05, 0) is 50.1 Å². The molecule has 0 radical (unpaired) electrons. The molecule has 9 heteroatoms. The zero-order valence-corrected chi connectivity index (χ0v) is 19.1. The highest BCUT2D eigenvalue weighted by molar-refractivity contribution is 6.33. The summed E-state index contributed by atoms with van der Waals surface area (Å²) in [6.07, 6.45) is 0.842. The number of aromatic nitrogens is 2. The molecule has 0 aliphatic carbocycles. The number of piperidine rings is 1. The number of rotatable bonds is 5. The van der Waals surface area contributed by atoms with Crippen molar-refractivity contribution in [1.29, 1.82) is 0 Å². The van der Waals surface area contributed by atoms with Gasteiger partial charge in [-0.3, -0.25) is 14.9 Å². The second kappa shape index (κ2) is 8.51. The molecule has 3 heterocycles. The Hall–Kier alpha value is -3.39. The minimum absolute atomic E-state index is 0.127. The van der Waals surface area contributed by atoms with Crippen LogP contribution in [0, 0.1) is 6.92 Å². The van der Waals surface area contributed by atoms with Crippen LogP contribution in [0.5, 0.6) is 0 Å². The van der Waals surface area contributed by atoms with Gasteiger partial charge in [-0.2, -0.15) is 0 Å². The molecule has 0 bridgehead atoms. The molecule has 2 N–H and O–H groups in total. The summed E-state index contributed by atoms with van der Waals surface area (Å²) in [5.74, 6) is -0.355. The lowest BCUT2D eigenvalue weighted by Crippen LogP contribution is -2.62. The van der Waals surface area contributed by atoms with Gasteiger partial charge in [0.1, 0.15) is 0 Å². The smallest absolute Gasteiger partial charge is 0.316 e. The molecule has 2 saturated heterocycles. The molecule has 1 unspecified atom stereocenters. The maximum absolute atomic E-state index is 12.2. The zero-order chi connectivity index (χ0) is 23.1. The first-order chi connectivity index (χ1) is 15.9. The number of hydrogen-bond donors (Lipinski definition) is 2. The number of carbonyl (C=O) groups excluding carboxylic acids is 2. The first-order valence-electron chi connectivity index (χ1n) is 11.0. The Kier molecular flexibility index (Phi) is 5.54. The van der Waals surface area contributed by atoms with E-state index in [0.29, 0.717) is 29.8 Å². The maximum atomic E-state index is 12.2.